The third-order valence-corrected chi connectivity index (χ3v) is 5.77. The molecule has 2 aliphatic rings. The van der Waals surface area contributed by atoms with E-state index in [1.165, 1.54) is 57.1 Å². The van der Waals surface area contributed by atoms with Gasteiger partial charge in [-0.15, -0.1) is 0 Å². The van der Waals surface area contributed by atoms with Gasteiger partial charge in [-0.05, 0) is 41.6 Å². The maximum atomic E-state index is 5.42. The van der Waals surface area contributed by atoms with E-state index in [1.807, 2.05) is 0 Å². The van der Waals surface area contributed by atoms with E-state index >= 15 is 0 Å². The zero-order valence-electron chi connectivity index (χ0n) is 10.5. The summed E-state index contributed by atoms with van der Waals surface area (Å²) in [5.41, 5.74) is 1.31. The van der Waals surface area contributed by atoms with Crippen molar-refractivity contribution >= 4 is 28.1 Å². The van der Waals surface area contributed by atoms with Gasteiger partial charge < -0.3 is 4.98 Å². The fourth-order valence-corrected chi connectivity index (χ4v) is 4.10. The molecule has 98 valence electrons. The Labute approximate surface area is 122 Å². The highest BCUT2D eigenvalue weighted by atomic mass is 79.9. The van der Waals surface area contributed by atoms with Crippen molar-refractivity contribution in [2.45, 2.75) is 63.2 Å². The molecule has 0 spiro atoms. The predicted octanol–water partition coefficient (Wildman–Crippen LogP) is 5.22. The number of halogens is 1. The van der Waals surface area contributed by atoms with E-state index in [-0.39, 0.29) is 0 Å². The van der Waals surface area contributed by atoms with Crippen molar-refractivity contribution in [1.29, 1.82) is 0 Å². The average Bonchev–Trinajstić information content (AvgIpc) is 3.03. The molecule has 0 aliphatic heterocycles. The second kappa shape index (κ2) is 5.41. The summed E-state index contributed by atoms with van der Waals surface area (Å²) < 4.78 is 1.78. The maximum absolute atomic E-state index is 5.42. The molecule has 1 aromatic rings. The Bertz CT molecular complexity index is 485. The summed E-state index contributed by atoms with van der Waals surface area (Å²) in [5.74, 6) is 2.41. The van der Waals surface area contributed by atoms with Crippen LogP contribution in [-0.4, -0.2) is 9.97 Å². The molecule has 1 N–H and O–H groups in total. The smallest absolute Gasteiger partial charge is 0.144 e. The summed E-state index contributed by atoms with van der Waals surface area (Å²) in [6, 6.07) is 0. The molecule has 0 radical (unpaired) electrons. The van der Waals surface area contributed by atoms with Crippen LogP contribution in [0.5, 0.6) is 0 Å². The lowest BCUT2D eigenvalue weighted by molar-refractivity contribution is 0.628. The van der Waals surface area contributed by atoms with Crippen molar-refractivity contribution < 1.29 is 0 Å². The molecule has 0 atom stereocenters. The van der Waals surface area contributed by atoms with Crippen LogP contribution < -0.4 is 0 Å². The fourth-order valence-electron chi connectivity index (χ4n) is 3.38. The Kier molecular flexibility index (Phi) is 3.85. The minimum Gasteiger partial charge on any atom is -0.346 e. The van der Waals surface area contributed by atoms with E-state index in [4.69, 9.17) is 12.2 Å². The first-order valence-corrected chi connectivity index (χ1v) is 8.25. The van der Waals surface area contributed by atoms with Crippen molar-refractivity contribution in [1.82, 2.24) is 9.97 Å². The minimum absolute atomic E-state index is 0.611. The average molecular weight is 327 g/mol. The molecule has 1 aromatic heterocycles. The number of nitrogens with one attached hydrogen (secondary N) is 1. The number of aromatic nitrogens is 2. The molecular weight excluding hydrogens is 308 g/mol. The standard InChI is InChI=1S/C14H19BrN2S/c15-11-12(9-5-1-2-6-9)16-13(17-14(11)18)10-7-3-4-8-10/h9-10H,1-8H2,(H,16,17,18). The summed E-state index contributed by atoms with van der Waals surface area (Å²) in [7, 11) is 0. The van der Waals surface area contributed by atoms with Gasteiger partial charge in [0.15, 0.2) is 0 Å². The summed E-state index contributed by atoms with van der Waals surface area (Å²) >= 11 is 9.06. The summed E-state index contributed by atoms with van der Waals surface area (Å²) in [5, 5.41) is 0. The van der Waals surface area contributed by atoms with Crippen LogP contribution in [0.3, 0.4) is 0 Å². The lowest BCUT2D eigenvalue weighted by atomic mass is 10.0. The number of hydrogen-bond acceptors (Lipinski definition) is 2. The molecule has 0 aromatic carbocycles. The molecule has 1 heterocycles. The van der Waals surface area contributed by atoms with Crippen LogP contribution >= 0.6 is 28.1 Å². The van der Waals surface area contributed by atoms with Gasteiger partial charge in [0.2, 0.25) is 0 Å². The third-order valence-electron chi connectivity index (χ3n) is 4.41. The van der Waals surface area contributed by atoms with Crippen molar-refractivity contribution in [2.24, 2.45) is 0 Å². The van der Waals surface area contributed by atoms with Gasteiger partial charge in [0, 0.05) is 17.5 Å². The molecule has 0 saturated heterocycles. The minimum atomic E-state index is 0.611. The quantitative estimate of drug-likeness (QED) is 0.755. The molecular formula is C14H19BrN2S. The predicted molar refractivity (Wildman–Crippen MR) is 79.5 cm³/mol. The van der Waals surface area contributed by atoms with Crippen molar-refractivity contribution in [2.75, 3.05) is 0 Å². The Balaban J connectivity index is 1.98. The van der Waals surface area contributed by atoms with Crippen LogP contribution in [0.2, 0.25) is 0 Å². The lowest BCUT2D eigenvalue weighted by Crippen LogP contribution is -2.07. The summed E-state index contributed by atoms with van der Waals surface area (Å²) in [4.78, 5) is 8.21. The first kappa shape index (κ1) is 12.8. The molecule has 18 heavy (non-hydrogen) atoms. The fraction of sp³-hybridized carbons (Fsp3) is 0.714. The van der Waals surface area contributed by atoms with Crippen LogP contribution in [0.4, 0.5) is 0 Å². The SMILES string of the molecule is S=c1nc(C2CCCC2)[nH]c(C2CCCC2)c1Br. The van der Waals surface area contributed by atoms with Gasteiger partial charge in [-0.2, -0.15) is 0 Å². The van der Waals surface area contributed by atoms with Crippen molar-refractivity contribution in [3.63, 3.8) is 0 Å². The number of nitrogens with zero attached hydrogens (tertiary/aromatic N) is 1. The molecule has 2 nitrogen and oxygen atoms in total. The maximum Gasteiger partial charge on any atom is 0.144 e. The van der Waals surface area contributed by atoms with E-state index < -0.39 is 0 Å². The normalized spacial score (nSPS) is 21.8. The Morgan fingerprint density at radius 1 is 1.00 bits per heavy atom. The van der Waals surface area contributed by atoms with Crippen LogP contribution in [-0.2, 0) is 0 Å². The van der Waals surface area contributed by atoms with Crippen LogP contribution in [0.1, 0.15) is 74.7 Å². The number of H-pyrrole nitrogens is 1. The van der Waals surface area contributed by atoms with Crippen LogP contribution in [0.25, 0.3) is 0 Å². The van der Waals surface area contributed by atoms with E-state index in [0.717, 1.165) is 14.9 Å². The van der Waals surface area contributed by atoms with Gasteiger partial charge in [-0.1, -0.05) is 37.9 Å². The zero-order valence-corrected chi connectivity index (χ0v) is 12.9. The topological polar surface area (TPSA) is 28.7 Å². The molecule has 3 rings (SSSR count). The van der Waals surface area contributed by atoms with Gasteiger partial charge in [0.1, 0.15) is 10.5 Å². The Morgan fingerprint density at radius 3 is 2.17 bits per heavy atom. The molecule has 0 amide bonds. The Morgan fingerprint density at radius 2 is 1.56 bits per heavy atom. The van der Waals surface area contributed by atoms with Crippen LogP contribution in [0, 0.1) is 4.64 Å². The van der Waals surface area contributed by atoms with Crippen molar-refractivity contribution in [3.05, 3.63) is 20.6 Å². The van der Waals surface area contributed by atoms with E-state index in [1.54, 1.807) is 0 Å². The molecule has 2 aliphatic carbocycles. The second-order valence-electron chi connectivity index (χ2n) is 5.62. The van der Waals surface area contributed by atoms with Crippen molar-refractivity contribution in [3.8, 4) is 0 Å². The van der Waals surface area contributed by atoms with Gasteiger partial charge in [-0.25, -0.2) is 4.98 Å². The third kappa shape index (κ3) is 2.42. The molecule has 2 saturated carbocycles. The number of rotatable bonds is 2. The first-order valence-electron chi connectivity index (χ1n) is 7.05. The highest BCUT2D eigenvalue weighted by molar-refractivity contribution is 9.10. The van der Waals surface area contributed by atoms with E-state index in [0.29, 0.717) is 11.8 Å². The van der Waals surface area contributed by atoms with Gasteiger partial charge in [-0.3, -0.25) is 0 Å². The highest BCUT2D eigenvalue weighted by Gasteiger charge is 2.24. The largest absolute Gasteiger partial charge is 0.346 e. The summed E-state index contributed by atoms with van der Waals surface area (Å²) in [6.07, 6.45) is 10.5. The van der Waals surface area contributed by atoms with Gasteiger partial charge in [0.05, 0.1) is 4.47 Å². The molecule has 4 heteroatoms. The van der Waals surface area contributed by atoms with Gasteiger partial charge >= 0.3 is 0 Å². The zero-order chi connectivity index (χ0) is 12.5. The van der Waals surface area contributed by atoms with E-state index in [2.05, 4.69) is 25.9 Å². The number of aromatic amines is 1. The Hall–Kier alpha value is -0.220. The first-order chi connectivity index (χ1) is 8.75. The molecule has 0 bridgehead atoms. The molecule has 0 unspecified atom stereocenters. The monoisotopic (exact) mass is 326 g/mol. The van der Waals surface area contributed by atoms with Gasteiger partial charge in [0.25, 0.3) is 0 Å². The highest BCUT2D eigenvalue weighted by Crippen LogP contribution is 2.39. The lowest BCUT2D eigenvalue weighted by Gasteiger charge is -2.16. The second-order valence-corrected chi connectivity index (χ2v) is 6.80. The van der Waals surface area contributed by atoms with Crippen LogP contribution in [0.15, 0.2) is 4.47 Å². The molecule has 2 fully saturated rings. The van der Waals surface area contributed by atoms with E-state index in [9.17, 15) is 0 Å². The summed E-state index contributed by atoms with van der Waals surface area (Å²) in [6.45, 7) is 0. The number of hydrogen-bond donors (Lipinski definition) is 1.